The van der Waals surface area contributed by atoms with Gasteiger partial charge in [0, 0.05) is 5.56 Å². The predicted octanol–water partition coefficient (Wildman–Crippen LogP) is 1.12. The average Bonchev–Trinajstić information content (AvgIpc) is 2.46. The zero-order chi connectivity index (χ0) is 14.5. The van der Waals surface area contributed by atoms with E-state index in [2.05, 4.69) is 10.1 Å². The Kier molecular flexibility index (Phi) is 5.06. The molecule has 5 heteroatoms. The van der Waals surface area contributed by atoms with Gasteiger partial charge in [0.15, 0.2) is 5.60 Å². The number of hydrogen-bond acceptors (Lipinski definition) is 4. The topological polar surface area (TPSA) is 75.6 Å². The van der Waals surface area contributed by atoms with Crippen molar-refractivity contribution in [3.05, 3.63) is 35.9 Å². The summed E-state index contributed by atoms with van der Waals surface area (Å²) in [5.41, 5.74) is -1.25. The summed E-state index contributed by atoms with van der Waals surface area (Å²) < 4.78 is 4.57. The highest BCUT2D eigenvalue weighted by Gasteiger charge is 2.42. The third-order valence-electron chi connectivity index (χ3n) is 3.18. The summed E-state index contributed by atoms with van der Waals surface area (Å²) in [5.74, 6) is -1.10. The van der Waals surface area contributed by atoms with Gasteiger partial charge in [-0.15, -0.1) is 0 Å². The molecule has 0 aliphatic rings. The number of hydrogen-bond donors (Lipinski definition) is 2. The molecular weight excluding hydrogens is 246 g/mol. The highest BCUT2D eigenvalue weighted by atomic mass is 16.5. The van der Waals surface area contributed by atoms with Crippen LogP contribution in [0.25, 0.3) is 0 Å². The Morgan fingerprint density at radius 3 is 2.42 bits per heavy atom. The summed E-state index contributed by atoms with van der Waals surface area (Å²) in [6.07, 6.45) is 0.149. The molecule has 0 spiro atoms. The first kappa shape index (κ1) is 15.2. The van der Waals surface area contributed by atoms with Gasteiger partial charge in [0.1, 0.15) is 0 Å². The Labute approximate surface area is 112 Å². The van der Waals surface area contributed by atoms with E-state index in [1.54, 1.807) is 44.2 Å². The molecule has 0 unspecified atom stereocenters. The number of ether oxygens (including phenoxy) is 1. The number of benzene rings is 1. The van der Waals surface area contributed by atoms with Crippen molar-refractivity contribution in [3.63, 3.8) is 0 Å². The molecule has 2 N–H and O–H groups in total. The molecule has 0 aromatic heterocycles. The number of rotatable bonds is 5. The van der Waals surface area contributed by atoms with Crippen molar-refractivity contribution in [1.29, 1.82) is 0 Å². The van der Waals surface area contributed by atoms with Gasteiger partial charge in [0.2, 0.25) is 0 Å². The van der Waals surface area contributed by atoms with Gasteiger partial charge in [-0.1, -0.05) is 25.1 Å². The summed E-state index contributed by atoms with van der Waals surface area (Å²) >= 11 is 0. The largest absolute Gasteiger partial charge is 0.467 e. The smallest absolute Gasteiger partial charge is 0.340 e. The minimum Gasteiger partial charge on any atom is -0.467 e. The molecule has 0 saturated carbocycles. The summed E-state index contributed by atoms with van der Waals surface area (Å²) in [4.78, 5) is 23.6. The molecular formula is C14H19NO4. The lowest BCUT2D eigenvalue weighted by Crippen LogP contribution is -2.56. The molecule has 104 valence electrons. The third-order valence-corrected chi connectivity index (χ3v) is 3.18. The summed E-state index contributed by atoms with van der Waals surface area (Å²) in [6.45, 7) is 3.23. The molecule has 19 heavy (non-hydrogen) atoms. The summed E-state index contributed by atoms with van der Waals surface area (Å²) in [5, 5.41) is 12.9. The lowest BCUT2D eigenvalue weighted by molar-refractivity contribution is -0.165. The molecule has 2 atom stereocenters. The molecule has 0 saturated heterocycles. The molecule has 0 radical (unpaired) electrons. The van der Waals surface area contributed by atoms with Crippen molar-refractivity contribution in [3.8, 4) is 0 Å². The zero-order valence-corrected chi connectivity index (χ0v) is 11.3. The first-order chi connectivity index (χ1) is 8.95. The fraction of sp³-hybridized carbons (Fsp3) is 0.429. The minimum absolute atomic E-state index is 0.149. The van der Waals surface area contributed by atoms with E-state index < -0.39 is 17.6 Å². The predicted molar refractivity (Wildman–Crippen MR) is 70.6 cm³/mol. The van der Waals surface area contributed by atoms with Gasteiger partial charge in [0.25, 0.3) is 5.91 Å². The van der Waals surface area contributed by atoms with Crippen molar-refractivity contribution >= 4 is 11.9 Å². The van der Waals surface area contributed by atoms with Crippen LogP contribution in [0, 0.1) is 0 Å². The maximum Gasteiger partial charge on any atom is 0.340 e. The Hall–Kier alpha value is -1.88. The SMILES string of the molecule is CC[C@@](O)(C(=O)OC)[C@@H](C)NC(=O)c1ccccc1. The van der Waals surface area contributed by atoms with Crippen molar-refractivity contribution < 1.29 is 19.4 Å². The molecule has 0 bridgehead atoms. The van der Waals surface area contributed by atoms with Crippen LogP contribution in [0.1, 0.15) is 30.6 Å². The first-order valence-electron chi connectivity index (χ1n) is 6.12. The summed E-state index contributed by atoms with van der Waals surface area (Å²) in [6, 6.07) is 7.85. The van der Waals surface area contributed by atoms with Gasteiger partial charge >= 0.3 is 5.97 Å². The molecule has 1 rings (SSSR count). The van der Waals surface area contributed by atoms with E-state index >= 15 is 0 Å². The first-order valence-corrected chi connectivity index (χ1v) is 6.12. The number of methoxy groups -OCH3 is 1. The van der Waals surface area contributed by atoms with E-state index in [4.69, 9.17) is 0 Å². The molecule has 0 aliphatic heterocycles. The monoisotopic (exact) mass is 265 g/mol. The lowest BCUT2D eigenvalue weighted by atomic mass is 9.92. The fourth-order valence-electron chi connectivity index (χ4n) is 1.79. The number of carbonyl (C=O) groups is 2. The molecule has 0 heterocycles. The van der Waals surface area contributed by atoms with Crippen LogP contribution in [0.2, 0.25) is 0 Å². The average molecular weight is 265 g/mol. The van der Waals surface area contributed by atoms with Crippen LogP contribution >= 0.6 is 0 Å². The molecule has 1 aromatic rings. The molecule has 0 aliphatic carbocycles. The van der Waals surface area contributed by atoms with E-state index in [0.29, 0.717) is 5.56 Å². The van der Waals surface area contributed by atoms with Gasteiger partial charge in [-0.05, 0) is 25.5 Å². The van der Waals surface area contributed by atoms with E-state index in [9.17, 15) is 14.7 Å². The van der Waals surface area contributed by atoms with Crippen molar-refractivity contribution in [2.45, 2.75) is 31.9 Å². The van der Waals surface area contributed by atoms with Crippen molar-refractivity contribution in [2.75, 3.05) is 7.11 Å². The highest BCUT2D eigenvalue weighted by Crippen LogP contribution is 2.17. The third kappa shape index (κ3) is 3.32. The van der Waals surface area contributed by atoms with Crippen LogP contribution in [-0.2, 0) is 9.53 Å². The van der Waals surface area contributed by atoms with Crippen LogP contribution in [0.3, 0.4) is 0 Å². The Balaban J connectivity index is 2.81. The van der Waals surface area contributed by atoms with Crippen LogP contribution in [0.5, 0.6) is 0 Å². The van der Waals surface area contributed by atoms with Gasteiger partial charge in [-0.3, -0.25) is 4.79 Å². The quantitative estimate of drug-likeness (QED) is 0.782. The minimum atomic E-state index is -1.72. The van der Waals surface area contributed by atoms with E-state index in [1.165, 1.54) is 7.11 Å². The normalized spacial score (nSPS) is 15.2. The standard InChI is InChI=1S/C14H19NO4/c1-4-14(18,13(17)19-3)10(2)15-12(16)11-8-6-5-7-9-11/h5-10,18H,4H2,1-3H3,(H,15,16)/t10-,14+/m1/s1. The second-order valence-corrected chi connectivity index (χ2v) is 4.33. The maximum atomic E-state index is 12.0. The van der Waals surface area contributed by atoms with Crippen LogP contribution < -0.4 is 5.32 Å². The maximum absolute atomic E-state index is 12.0. The molecule has 1 amide bonds. The van der Waals surface area contributed by atoms with Crippen LogP contribution in [0.4, 0.5) is 0 Å². The van der Waals surface area contributed by atoms with Crippen molar-refractivity contribution in [2.24, 2.45) is 0 Å². The molecule has 5 nitrogen and oxygen atoms in total. The Morgan fingerprint density at radius 2 is 1.95 bits per heavy atom. The van der Waals surface area contributed by atoms with E-state index in [0.717, 1.165) is 0 Å². The van der Waals surface area contributed by atoms with Crippen molar-refractivity contribution in [1.82, 2.24) is 5.32 Å². The highest BCUT2D eigenvalue weighted by molar-refractivity contribution is 5.95. The Bertz CT molecular complexity index is 446. The molecule has 0 fully saturated rings. The fourth-order valence-corrected chi connectivity index (χ4v) is 1.79. The second-order valence-electron chi connectivity index (χ2n) is 4.33. The number of nitrogens with one attached hydrogen (secondary N) is 1. The van der Waals surface area contributed by atoms with Crippen LogP contribution in [-0.4, -0.2) is 35.7 Å². The van der Waals surface area contributed by atoms with Gasteiger partial charge in [-0.25, -0.2) is 4.79 Å². The molecule has 1 aromatic carbocycles. The van der Waals surface area contributed by atoms with Crippen LogP contribution in [0.15, 0.2) is 30.3 Å². The van der Waals surface area contributed by atoms with Gasteiger partial charge < -0.3 is 15.2 Å². The number of esters is 1. The zero-order valence-electron chi connectivity index (χ0n) is 11.3. The van der Waals surface area contributed by atoms with Gasteiger partial charge in [-0.2, -0.15) is 0 Å². The number of carbonyl (C=O) groups excluding carboxylic acids is 2. The Morgan fingerprint density at radius 1 is 1.37 bits per heavy atom. The van der Waals surface area contributed by atoms with E-state index in [-0.39, 0.29) is 12.3 Å². The number of aliphatic hydroxyl groups is 1. The number of amides is 1. The summed E-state index contributed by atoms with van der Waals surface area (Å²) in [7, 11) is 1.20. The lowest BCUT2D eigenvalue weighted by Gasteiger charge is -2.30. The second kappa shape index (κ2) is 6.33. The van der Waals surface area contributed by atoms with Gasteiger partial charge in [0.05, 0.1) is 13.2 Å². The van der Waals surface area contributed by atoms with E-state index in [1.807, 2.05) is 0 Å².